The minimum absolute atomic E-state index is 0.180. The summed E-state index contributed by atoms with van der Waals surface area (Å²) < 4.78 is 29.3. The van der Waals surface area contributed by atoms with Crippen LogP contribution < -0.4 is 0 Å². The first kappa shape index (κ1) is 11.0. The zero-order valence-corrected chi connectivity index (χ0v) is 8.73. The molecule has 1 atom stereocenters. The molecule has 6 heteroatoms. The molecule has 1 N–H and O–H groups in total. The molecule has 13 heavy (non-hydrogen) atoms. The third kappa shape index (κ3) is 4.10. The molecule has 1 saturated heterocycles. The number of rotatable bonds is 3. The van der Waals surface area contributed by atoms with E-state index >= 15 is 0 Å². The maximum absolute atomic E-state index is 11.3. The van der Waals surface area contributed by atoms with E-state index in [1.807, 2.05) is 0 Å². The summed E-state index contributed by atoms with van der Waals surface area (Å²) in [6.07, 6.45) is 1.70. The molecule has 76 valence electrons. The second kappa shape index (κ2) is 4.43. The highest BCUT2D eigenvalue weighted by Crippen LogP contribution is 2.23. The normalized spacial score (nSPS) is 24.2. The Labute approximate surface area is 81.8 Å². The smallest absolute Gasteiger partial charge is 0.272 e. The maximum Gasteiger partial charge on any atom is 0.272 e. The Bertz CT molecular complexity index is 277. The molecule has 4 nitrogen and oxygen atoms in total. The largest absolute Gasteiger partial charge is 0.298 e. The van der Waals surface area contributed by atoms with Gasteiger partial charge in [0, 0.05) is 11.7 Å². The van der Waals surface area contributed by atoms with Gasteiger partial charge in [-0.05, 0) is 18.6 Å². The average molecular weight is 224 g/mol. The van der Waals surface area contributed by atoms with E-state index in [-0.39, 0.29) is 11.7 Å². The highest BCUT2D eigenvalue weighted by Gasteiger charge is 2.24. The SMILES string of the molecule is O=C(CS(=O)(=O)O)C1CCCSC1. The van der Waals surface area contributed by atoms with Crippen LogP contribution in [0.5, 0.6) is 0 Å². The second-order valence-electron chi connectivity index (χ2n) is 3.11. The lowest BCUT2D eigenvalue weighted by Gasteiger charge is -2.19. The molecular weight excluding hydrogens is 212 g/mol. The van der Waals surface area contributed by atoms with Crippen molar-refractivity contribution < 1.29 is 17.8 Å². The van der Waals surface area contributed by atoms with E-state index in [2.05, 4.69) is 0 Å². The quantitative estimate of drug-likeness (QED) is 0.710. The van der Waals surface area contributed by atoms with Crippen LogP contribution in [-0.4, -0.2) is 36.0 Å². The number of hydrogen-bond donors (Lipinski definition) is 1. The second-order valence-corrected chi connectivity index (χ2v) is 5.71. The summed E-state index contributed by atoms with van der Waals surface area (Å²) in [6, 6.07) is 0. The summed E-state index contributed by atoms with van der Waals surface area (Å²) in [4.78, 5) is 11.3. The summed E-state index contributed by atoms with van der Waals surface area (Å²) >= 11 is 1.66. The van der Waals surface area contributed by atoms with Crippen molar-refractivity contribution in [3.05, 3.63) is 0 Å². The number of carbonyl (C=O) groups excluding carboxylic acids is 1. The molecule has 1 aliphatic rings. The Morgan fingerprint density at radius 1 is 1.54 bits per heavy atom. The van der Waals surface area contributed by atoms with E-state index in [1.165, 1.54) is 0 Å². The van der Waals surface area contributed by atoms with Crippen molar-refractivity contribution >= 4 is 27.7 Å². The monoisotopic (exact) mass is 224 g/mol. The van der Waals surface area contributed by atoms with Gasteiger partial charge >= 0.3 is 0 Å². The molecule has 0 aromatic carbocycles. The van der Waals surface area contributed by atoms with Gasteiger partial charge < -0.3 is 0 Å². The minimum Gasteiger partial charge on any atom is -0.298 e. The highest BCUT2D eigenvalue weighted by atomic mass is 32.2. The summed E-state index contributed by atoms with van der Waals surface area (Å²) in [6.45, 7) is 0. The molecular formula is C7H12O4S2. The van der Waals surface area contributed by atoms with Gasteiger partial charge in [-0.2, -0.15) is 20.2 Å². The van der Waals surface area contributed by atoms with Crippen molar-refractivity contribution in [3.63, 3.8) is 0 Å². The van der Waals surface area contributed by atoms with Crippen LogP contribution >= 0.6 is 11.8 Å². The molecule has 0 aromatic heterocycles. The molecule has 1 aliphatic heterocycles. The predicted molar refractivity (Wildman–Crippen MR) is 51.5 cm³/mol. The zero-order valence-electron chi connectivity index (χ0n) is 7.10. The summed E-state index contributed by atoms with van der Waals surface area (Å²) in [5.74, 6) is 0.470. The Morgan fingerprint density at radius 3 is 2.69 bits per heavy atom. The molecule has 0 spiro atoms. The lowest BCUT2D eigenvalue weighted by atomic mass is 10.0. The van der Waals surface area contributed by atoms with Crippen molar-refractivity contribution in [1.29, 1.82) is 0 Å². The van der Waals surface area contributed by atoms with Crippen molar-refractivity contribution in [3.8, 4) is 0 Å². The molecule has 0 aliphatic carbocycles. The van der Waals surface area contributed by atoms with Gasteiger partial charge in [0.2, 0.25) is 0 Å². The van der Waals surface area contributed by atoms with Crippen LogP contribution in [0.4, 0.5) is 0 Å². The molecule has 1 fully saturated rings. The van der Waals surface area contributed by atoms with Crippen LogP contribution in [0.25, 0.3) is 0 Å². The van der Waals surface area contributed by atoms with Gasteiger partial charge in [-0.15, -0.1) is 0 Å². The molecule has 0 bridgehead atoms. The summed E-state index contributed by atoms with van der Waals surface area (Å²) in [7, 11) is -4.13. The topological polar surface area (TPSA) is 71.4 Å². The first-order valence-corrected chi connectivity index (χ1v) is 6.81. The number of Topliss-reactive ketones (excluding diaryl/α,β-unsaturated/α-hetero) is 1. The van der Waals surface area contributed by atoms with E-state index in [1.54, 1.807) is 11.8 Å². The van der Waals surface area contributed by atoms with Gasteiger partial charge in [0.05, 0.1) is 0 Å². The summed E-state index contributed by atoms with van der Waals surface area (Å²) in [5, 5.41) is 0. The Kier molecular flexibility index (Phi) is 3.75. The van der Waals surface area contributed by atoms with Crippen molar-refractivity contribution in [2.45, 2.75) is 12.8 Å². The molecule has 1 rings (SSSR count). The number of hydrogen-bond acceptors (Lipinski definition) is 4. The number of carbonyl (C=O) groups is 1. The van der Waals surface area contributed by atoms with Gasteiger partial charge in [0.1, 0.15) is 5.75 Å². The van der Waals surface area contributed by atoms with E-state index in [0.29, 0.717) is 5.75 Å². The first-order valence-electron chi connectivity index (χ1n) is 4.04. The number of ketones is 1. The van der Waals surface area contributed by atoms with E-state index in [4.69, 9.17) is 4.55 Å². The molecule has 0 saturated carbocycles. The summed E-state index contributed by atoms with van der Waals surface area (Å²) in [5.41, 5.74) is 0. The van der Waals surface area contributed by atoms with Crippen LogP contribution in [-0.2, 0) is 14.9 Å². The van der Waals surface area contributed by atoms with E-state index in [9.17, 15) is 13.2 Å². The van der Waals surface area contributed by atoms with Crippen LogP contribution in [0, 0.1) is 5.92 Å². The Hall–Kier alpha value is -0.0700. The van der Waals surface area contributed by atoms with E-state index in [0.717, 1.165) is 18.6 Å². The predicted octanol–water partition coefficient (Wildman–Crippen LogP) is 0.587. The first-order chi connectivity index (χ1) is 5.99. The minimum atomic E-state index is -4.13. The van der Waals surface area contributed by atoms with Gasteiger partial charge in [0.25, 0.3) is 10.1 Å². The zero-order chi connectivity index (χ0) is 9.90. The Balaban J connectivity index is 2.47. The third-order valence-corrected chi connectivity index (χ3v) is 3.81. The molecule has 1 heterocycles. The molecule has 0 aromatic rings. The third-order valence-electron chi connectivity index (χ3n) is 1.94. The highest BCUT2D eigenvalue weighted by molar-refractivity contribution is 7.99. The maximum atomic E-state index is 11.3. The van der Waals surface area contributed by atoms with Gasteiger partial charge in [0.15, 0.2) is 5.78 Å². The van der Waals surface area contributed by atoms with Crippen molar-refractivity contribution in [2.24, 2.45) is 5.92 Å². The van der Waals surface area contributed by atoms with Gasteiger partial charge in [-0.3, -0.25) is 9.35 Å². The fourth-order valence-electron chi connectivity index (χ4n) is 1.29. The van der Waals surface area contributed by atoms with Crippen LogP contribution in [0.3, 0.4) is 0 Å². The molecule has 0 radical (unpaired) electrons. The lowest BCUT2D eigenvalue weighted by molar-refractivity contribution is -0.120. The fraction of sp³-hybridized carbons (Fsp3) is 0.857. The van der Waals surface area contributed by atoms with Crippen molar-refractivity contribution in [2.75, 3.05) is 17.3 Å². The lowest BCUT2D eigenvalue weighted by Crippen LogP contribution is -2.27. The van der Waals surface area contributed by atoms with E-state index < -0.39 is 15.9 Å². The standard InChI is InChI=1S/C7H12O4S2/c8-7(5-13(9,10)11)6-2-1-3-12-4-6/h6H,1-5H2,(H,9,10,11). The molecule has 1 unspecified atom stereocenters. The van der Waals surface area contributed by atoms with Crippen LogP contribution in [0.15, 0.2) is 0 Å². The van der Waals surface area contributed by atoms with Gasteiger partial charge in [-0.25, -0.2) is 0 Å². The average Bonchev–Trinajstić information content (AvgIpc) is 2.03. The van der Waals surface area contributed by atoms with Gasteiger partial charge in [-0.1, -0.05) is 0 Å². The number of thioether (sulfide) groups is 1. The van der Waals surface area contributed by atoms with Crippen LogP contribution in [0.1, 0.15) is 12.8 Å². The fourth-order valence-corrected chi connectivity index (χ4v) is 3.06. The molecule has 0 amide bonds. The van der Waals surface area contributed by atoms with Crippen LogP contribution in [0.2, 0.25) is 0 Å². The van der Waals surface area contributed by atoms with Crippen molar-refractivity contribution in [1.82, 2.24) is 0 Å². The Morgan fingerprint density at radius 2 is 2.23 bits per heavy atom.